The predicted molar refractivity (Wildman–Crippen MR) is 128 cm³/mol. The van der Waals surface area contributed by atoms with Crippen LogP contribution in [0.25, 0.3) is 22.4 Å². The number of hydrogen-bond donors (Lipinski definition) is 0. The molecule has 0 amide bonds. The van der Waals surface area contributed by atoms with E-state index in [0.717, 1.165) is 24.6 Å². The Kier molecular flexibility index (Phi) is 6.51. The van der Waals surface area contributed by atoms with Gasteiger partial charge in [-0.1, -0.05) is 0 Å². The quantitative estimate of drug-likeness (QED) is 0.392. The third-order valence-electron chi connectivity index (χ3n) is 6.50. The zero-order valence-electron chi connectivity index (χ0n) is 20.1. The van der Waals surface area contributed by atoms with Crippen molar-refractivity contribution in [2.24, 2.45) is 0 Å². The van der Waals surface area contributed by atoms with Crippen molar-refractivity contribution in [3.05, 3.63) is 65.0 Å². The van der Waals surface area contributed by atoms with Gasteiger partial charge in [0, 0.05) is 37.1 Å². The van der Waals surface area contributed by atoms with Gasteiger partial charge in [0.05, 0.1) is 17.4 Å². The third kappa shape index (κ3) is 5.05. The van der Waals surface area contributed by atoms with E-state index >= 15 is 0 Å². The van der Waals surface area contributed by atoms with Crippen LogP contribution in [0.3, 0.4) is 0 Å². The summed E-state index contributed by atoms with van der Waals surface area (Å²) in [5, 5.41) is 4.09. The van der Waals surface area contributed by atoms with E-state index in [9.17, 15) is 8.78 Å². The van der Waals surface area contributed by atoms with Crippen molar-refractivity contribution in [2.75, 3.05) is 13.2 Å². The van der Waals surface area contributed by atoms with Crippen molar-refractivity contribution < 1.29 is 13.5 Å². The number of halogens is 2. The normalized spacial score (nSPS) is 16.3. The van der Waals surface area contributed by atoms with Crippen LogP contribution in [0, 0.1) is 32.4 Å². The average Bonchev–Trinajstić information content (AvgIpc) is 3.56. The van der Waals surface area contributed by atoms with E-state index in [1.807, 2.05) is 37.0 Å². The van der Waals surface area contributed by atoms with Crippen molar-refractivity contribution in [1.82, 2.24) is 29.7 Å². The molecule has 4 aromatic rings. The summed E-state index contributed by atoms with van der Waals surface area (Å²) in [6.45, 7) is 6.47. The number of aromatic nitrogens is 6. The van der Waals surface area contributed by atoms with E-state index in [1.165, 1.54) is 31.9 Å². The van der Waals surface area contributed by atoms with E-state index in [4.69, 9.17) is 4.74 Å². The second kappa shape index (κ2) is 9.73. The lowest BCUT2D eigenvalue weighted by atomic mass is 9.98. The zero-order valence-corrected chi connectivity index (χ0v) is 20.1. The van der Waals surface area contributed by atoms with Gasteiger partial charge in [-0.25, -0.2) is 28.7 Å². The second-order valence-electron chi connectivity index (χ2n) is 9.18. The minimum absolute atomic E-state index is 0.0800. The third-order valence-corrected chi connectivity index (χ3v) is 6.50. The summed E-state index contributed by atoms with van der Waals surface area (Å²) in [5.74, 6) is -0.336. The molecular weight excluding hydrogens is 450 g/mol. The number of nitrogens with zero attached hydrogens (tertiary/aromatic N) is 6. The maximum atomic E-state index is 14.7. The summed E-state index contributed by atoms with van der Waals surface area (Å²) in [6.07, 6.45) is 8.07. The summed E-state index contributed by atoms with van der Waals surface area (Å²) < 4.78 is 36.3. The summed E-state index contributed by atoms with van der Waals surface area (Å²) in [5.41, 5.74) is 2.86. The number of aryl methyl sites for hydroxylation is 3. The fraction of sp³-hybridized carbons (Fsp3) is 0.423. The lowest BCUT2D eigenvalue weighted by Gasteiger charge is -2.21. The Morgan fingerprint density at radius 2 is 1.63 bits per heavy atom. The van der Waals surface area contributed by atoms with Gasteiger partial charge in [-0.2, -0.15) is 5.10 Å². The first-order valence-electron chi connectivity index (χ1n) is 12.0. The standard InChI is InChI=1S/C20H20F2N4O.C6H8N2/c1-10-8-16(22)14(9-15(10)21)17-18-20(24-12(3)11(2)23-18)26-19(25-17)13-4-6-27-7-5-13;1-4-7-8(5-1)6-2-3-6/h8-9,13H,4-7H2,1-3H3;1,4-6H,2-3H2. The van der Waals surface area contributed by atoms with Gasteiger partial charge >= 0.3 is 0 Å². The highest BCUT2D eigenvalue weighted by atomic mass is 19.1. The molecular formula is C26H28F2N6O. The summed E-state index contributed by atoms with van der Waals surface area (Å²) in [4.78, 5) is 18.3. The van der Waals surface area contributed by atoms with Crippen LogP contribution in [-0.2, 0) is 4.74 Å². The van der Waals surface area contributed by atoms with Crippen LogP contribution in [0.2, 0.25) is 0 Å². The molecule has 7 nitrogen and oxygen atoms in total. The number of hydrogen-bond acceptors (Lipinski definition) is 6. The van der Waals surface area contributed by atoms with Gasteiger partial charge in [0.2, 0.25) is 0 Å². The molecule has 1 saturated carbocycles. The molecule has 0 atom stereocenters. The molecule has 3 aromatic heterocycles. The van der Waals surface area contributed by atoms with Crippen LogP contribution in [0.1, 0.15) is 60.4 Å². The molecule has 2 aliphatic rings. The molecule has 0 bridgehead atoms. The van der Waals surface area contributed by atoms with Crippen LogP contribution in [0.5, 0.6) is 0 Å². The van der Waals surface area contributed by atoms with E-state index in [1.54, 1.807) is 0 Å². The van der Waals surface area contributed by atoms with Crippen LogP contribution in [-0.4, -0.2) is 42.9 Å². The van der Waals surface area contributed by atoms with Gasteiger partial charge < -0.3 is 4.74 Å². The molecule has 1 aromatic carbocycles. The molecule has 9 heteroatoms. The first-order valence-corrected chi connectivity index (χ1v) is 12.0. The summed E-state index contributed by atoms with van der Waals surface area (Å²) in [7, 11) is 0. The molecule has 0 unspecified atom stereocenters. The number of rotatable bonds is 3. The predicted octanol–water partition coefficient (Wildman–Crippen LogP) is 5.40. The van der Waals surface area contributed by atoms with Gasteiger partial charge in [0.25, 0.3) is 0 Å². The molecule has 4 heterocycles. The summed E-state index contributed by atoms with van der Waals surface area (Å²) in [6, 6.07) is 5.07. The molecule has 0 N–H and O–H groups in total. The van der Waals surface area contributed by atoms with Crippen molar-refractivity contribution in [2.45, 2.75) is 58.4 Å². The molecule has 1 saturated heterocycles. The number of benzene rings is 1. The van der Waals surface area contributed by atoms with Crippen LogP contribution in [0.4, 0.5) is 8.78 Å². The Hall–Kier alpha value is -3.33. The lowest BCUT2D eigenvalue weighted by Crippen LogP contribution is -2.17. The van der Waals surface area contributed by atoms with Crippen LogP contribution in [0.15, 0.2) is 30.6 Å². The topological polar surface area (TPSA) is 78.6 Å². The Balaban J connectivity index is 0.000000265. The largest absolute Gasteiger partial charge is 0.381 e. The van der Waals surface area contributed by atoms with Gasteiger partial charge in [-0.3, -0.25) is 4.68 Å². The van der Waals surface area contributed by atoms with E-state index in [-0.39, 0.29) is 22.7 Å². The molecule has 2 fully saturated rings. The van der Waals surface area contributed by atoms with Crippen molar-refractivity contribution in [1.29, 1.82) is 0 Å². The molecule has 0 spiro atoms. The maximum absolute atomic E-state index is 14.7. The first-order chi connectivity index (χ1) is 16.9. The second-order valence-corrected chi connectivity index (χ2v) is 9.18. The molecule has 1 aliphatic carbocycles. The van der Waals surface area contributed by atoms with Gasteiger partial charge in [0.15, 0.2) is 5.65 Å². The van der Waals surface area contributed by atoms with Gasteiger partial charge in [-0.15, -0.1) is 0 Å². The van der Waals surface area contributed by atoms with Crippen molar-refractivity contribution >= 4 is 11.2 Å². The highest BCUT2D eigenvalue weighted by molar-refractivity contribution is 5.87. The Bertz CT molecular complexity index is 1350. The molecule has 1 aliphatic heterocycles. The average molecular weight is 479 g/mol. The fourth-order valence-electron chi connectivity index (χ4n) is 4.12. The van der Waals surface area contributed by atoms with Gasteiger partial charge in [0.1, 0.15) is 28.7 Å². The minimum Gasteiger partial charge on any atom is -0.381 e. The first kappa shape index (κ1) is 23.4. The van der Waals surface area contributed by atoms with E-state index in [0.29, 0.717) is 35.9 Å². The van der Waals surface area contributed by atoms with Crippen LogP contribution < -0.4 is 0 Å². The Labute approximate surface area is 202 Å². The van der Waals surface area contributed by atoms with Crippen molar-refractivity contribution in [3.8, 4) is 11.3 Å². The SMILES string of the molecule is Cc1cc(F)c(-c2nc(C3CCOCC3)nc3nc(C)c(C)nc23)cc1F.c1cnn(C2CC2)c1. The lowest BCUT2D eigenvalue weighted by molar-refractivity contribution is 0.0836. The van der Waals surface area contributed by atoms with Crippen LogP contribution >= 0.6 is 0 Å². The molecule has 0 radical (unpaired) electrons. The number of fused-ring (bicyclic) bond motifs is 1. The Morgan fingerprint density at radius 1 is 0.886 bits per heavy atom. The smallest absolute Gasteiger partial charge is 0.182 e. The zero-order chi connectivity index (χ0) is 24.5. The molecule has 182 valence electrons. The highest BCUT2D eigenvalue weighted by Gasteiger charge is 2.24. The fourth-order valence-corrected chi connectivity index (χ4v) is 4.12. The molecule has 6 rings (SSSR count). The van der Waals surface area contributed by atoms with E-state index in [2.05, 4.69) is 25.0 Å². The van der Waals surface area contributed by atoms with E-state index < -0.39 is 11.6 Å². The highest BCUT2D eigenvalue weighted by Crippen LogP contribution is 2.34. The Morgan fingerprint density at radius 3 is 2.31 bits per heavy atom. The van der Waals surface area contributed by atoms with Crippen molar-refractivity contribution in [3.63, 3.8) is 0 Å². The van der Waals surface area contributed by atoms with Gasteiger partial charge in [-0.05, 0) is 70.2 Å². The minimum atomic E-state index is -0.535. The number of ether oxygens (including phenoxy) is 1. The monoisotopic (exact) mass is 478 g/mol. The molecule has 35 heavy (non-hydrogen) atoms. The summed E-state index contributed by atoms with van der Waals surface area (Å²) >= 11 is 0. The maximum Gasteiger partial charge on any atom is 0.182 e.